The lowest BCUT2D eigenvalue weighted by Gasteiger charge is -2.31. The van der Waals surface area contributed by atoms with Crippen LogP contribution in [-0.4, -0.2) is 40.9 Å². The number of rotatable bonds is 8. The number of aromatic nitrogens is 1. The Bertz CT molecular complexity index is 1090. The summed E-state index contributed by atoms with van der Waals surface area (Å²) in [7, 11) is 1.62. The predicted octanol–water partition coefficient (Wildman–Crippen LogP) is 5.17. The maximum atomic E-state index is 13.6. The monoisotopic (exact) mass is 459 g/mol. The Kier molecular flexibility index (Phi) is 7.68. The third-order valence-electron chi connectivity index (χ3n) is 6.57. The highest BCUT2D eigenvalue weighted by Crippen LogP contribution is 2.22. The van der Waals surface area contributed by atoms with Crippen LogP contribution in [0.5, 0.6) is 5.75 Å². The second-order valence-corrected chi connectivity index (χ2v) is 8.95. The first-order chi connectivity index (χ1) is 16.5. The highest BCUT2D eigenvalue weighted by Gasteiger charge is 2.29. The summed E-state index contributed by atoms with van der Waals surface area (Å²) in [6, 6.07) is 20.7. The molecule has 1 atom stereocenters. The van der Waals surface area contributed by atoms with E-state index in [2.05, 4.69) is 10.3 Å². The molecule has 0 spiro atoms. The summed E-state index contributed by atoms with van der Waals surface area (Å²) < 4.78 is 5.26. The first kappa shape index (κ1) is 23.6. The zero-order chi connectivity index (χ0) is 23.9. The van der Waals surface area contributed by atoms with Gasteiger partial charge in [-0.15, -0.1) is 0 Å². The van der Waals surface area contributed by atoms with Gasteiger partial charge in [-0.1, -0.05) is 61.7 Å². The topological polar surface area (TPSA) is 74.4 Å². The van der Waals surface area contributed by atoms with Gasteiger partial charge in [-0.2, -0.15) is 0 Å². The largest absolute Gasteiger partial charge is 0.497 e. The minimum Gasteiger partial charge on any atom is -0.497 e. The Morgan fingerprint density at radius 1 is 1.00 bits per heavy atom. The van der Waals surface area contributed by atoms with Gasteiger partial charge >= 0.3 is 0 Å². The highest BCUT2D eigenvalue weighted by atomic mass is 16.5. The van der Waals surface area contributed by atoms with Crippen LogP contribution >= 0.6 is 0 Å². The molecule has 1 fully saturated rings. The van der Waals surface area contributed by atoms with E-state index in [1.54, 1.807) is 25.0 Å². The smallest absolute Gasteiger partial charge is 0.271 e. The number of ether oxygens (including phenoxy) is 1. The van der Waals surface area contributed by atoms with Gasteiger partial charge in [-0.3, -0.25) is 9.59 Å². The van der Waals surface area contributed by atoms with Gasteiger partial charge in [-0.05, 0) is 55.2 Å². The van der Waals surface area contributed by atoms with Gasteiger partial charge in [0.1, 0.15) is 17.5 Å². The summed E-state index contributed by atoms with van der Waals surface area (Å²) in [4.78, 5) is 31.7. The van der Waals surface area contributed by atoms with E-state index in [0.717, 1.165) is 48.3 Å². The van der Waals surface area contributed by atoms with Crippen LogP contribution in [0.1, 0.15) is 55.1 Å². The Morgan fingerprint density at radius 3 is 2.38 bits per heavy atom. The van der Waals surface area contributed by atoms with Crippen LogP contribution in [-0.2, 0) is 11.3 Å². The summed E-state index contributed by atoms with van der Waals surface area (Å²) in [6.07, 6.45) is 5.50. The number of nitrogens with one attached hydrogen (secondary N) is 2. The van der Waals surface area contributed by atoms with Crippen LogP contribution in [0.4, 0.5) is 0 Å². The van der Waals surface area contributed by atoms with Crippen LogP contribution in [0.15, 0.2) is 66.7 Å². The van der Waals surface area contributed by atoms with E-state index in [1.165, 1.54) is 6.42 Å². The summed E-state index contributed by atoms with van der Waals surface area (Å²) >= 11 is 0. The molecule has 2 N–H and O–H groups in total. The third-order valence-corrected chi connectivity index (χ3v) is 6.57. The van der Waals surface area contributed by atoms with E-state index in [1.807, 2.05) is 60.7 Å². The number of benzene rings is 2. The first-order valence-corrected chi connectivity index (χ1v) is 12.0. The van der Waals surface area contributed by atoms with Gasteiger partial charge in [-0.25, -0.2) is 0 Å². The summed E-state index contributed by atoms with van der Waals surface area (Å²) in [5.41, 5.74) is 3.27. The summed E-state index contributed by atoms with van der Waals surface area (Å²) in [5, 5.41) is 3.18. The Morgan fingerprint density at radius 2 is 1.71 bits per heavy atom. The van der Waals surface area contributed by atoms with Gasteiger partial charge in [0, 0.05) is 18.3 Å². The number of hydrogen-bond donors (Lipinski definition) is 2. The lowest BCUT2D eigenvalue weighted by molar-refractivity contribution is -0.126. The molecule has 34 heavy (non-hydrogen) atoms. The van der Waals surface area contributed by atoms with Crippen molar-refractivity contribution in [3.05, 3.63) is 78.0 Å². The van der Waals surface area contributed by atoms with Crippen molar-refractivity contribution in [3.63, 3.8) is 0 Å². The molecule has 1 heterocycles. The number of H-pyrrole nitrogens is 1. The quantitative estimate of drug-likeness (QED) is 0.488. The maximum absolute atomic E-state index is 13.6. The maximum Gasteiger partial charge on any atom is 0.271 e. The van der Waals surface area contributed by atoms with Crippen molar-refractivity contribution in [3.8, 4) is 17.0 Å². The molecule has 0 unspecified atom stereocenters. The molecule has 6 nitrogen and oxygen atoms in total. The van der Waals surface area contributed by atoms with E-state index in [-0.39, 0.29) is 17.9 Å². The van der Waals surface area contributed by atoms with E-state index in [9.17, 15) is 9.59 Å². The average molecular weight is 460 g/mol. The van der Waals surface area contributed by atoms with E-state index >= 15 is 0 Å². The molecular weight excluding hydrogens is 426 g/mol. The van der Waals surface area contributed by atoms with Gasteiger partial charge in [0.15, 0.2) is 0 Å². The normalized spacial score (nSPS) is 14.9. The van der Waals surface area contributed by atoms with E-state index in [4.69, 9.17) is 4.74 Å². The SMILES string of the molecule is COc1ccc(CN(C(=O)c2ccc(-c3ccccc3)[nH]2)[C@@H](C)C(=O)NC2CCCCC2)cc1. The van der Waals surface area contributed by atoms with Gasteiger partial charge < -0.3 is 19.9 Å². The van der Waals surface area contributed by atoms with Crippen molar-refractivity contribution in [2.24, 2.45) is 0 Å². The van der Waals surface area contributed by atoms with Crippen LogP contribution in [0.3, 0.4) is 0 Å². The molecule has 2 aromatic carbocycles. The van der Waals surface area contributed by atoms with E-state index in [0.29, 0.717) is 12.2 Å². The molecule has 6 heteroatoms. The molecule has 0 bridgehead atoms. The first-order valence-electron chi connectivity index (χ1n) is 12.0. The molecule has 178 valence electrons. The molecule has 2 amide bonds. The summed E-state index contributed by atoms with van der Waals surface area (Å²) in [6.45, 7) is 2.13. The molecule has 0 radical (unpaired) electrons. The number of amides is 2. The third kappa shape index (κ3) is 5.68. The molecule has 4 rings (SSSR count). The fourth-order valence-corrected chi connectivity index (χ4v) is 4.48. The minimum absolute atomic E-state index is 0.108. The molecule has 1 aromatic heterocycles. The number of carbonyl (C=O) groups excluding carboxylic acids is 2. The average Bonchev–Trinajstić information content (AvgIpc) is 3.38. The van der Waals surface area contributed by atoms with Gasteiger partial charge in [0.2, 0.25) is 5.91 Å². The van der Waals surface area contributed by atoms with Crippen LogP contribution in [0, 0.1) is 0 Å². The molecule has 0 saturated heterocycles. The molecule has 1 aliphatic rings. The predicted molar refractivity (Wildman–Crippen MR) is 134 cm³/mol. The number of nitrogens with zero attached hydrogens (tertiary/aromatic N) is 1. The van der Waals surface area contributed by atoms with Crippen molar-refractivity contribution in [2.45, 2.75) is 57.7 Å². The van der Waals surface area contributed by atoms with Gasteiger partial charge in [0.05, 0.1) is 7.11 Å². The number of aromatic amines is 1. The molecule has 0 aliphatic heterocycles. The fraction of sp³-hybridized carbons (Fsp3) is 0.357. The van der Waals surface area contributed by atoms with E-state index < -0.39 is 6.04 Å². The standard InChI is InChI=1S/C28H33N3O3/c1-20(27(32)29-23-11-7-4-8-12-23)31(19-21-13-15-24(34-2)16-14-21)28(33)26-18-17-25(30-26)22-9-5-3-6-10-22/h3,5-6,9-10,13-18,20,23,30H,4,7-8,11-12,19H2,1-2H3,(H,29,32)/t20-/m0/s1. The van der Waals surface area contributed by atoms with Crippen molar-refractivity contribution in [1.29, 1.82) is 0 Å². The van der Waals surface area contributed by atoms with Gasteiger partial charge in [0.25, 0.3) is 5.91 Å². The Hall–Kier alpha value is -3.54. The molecule has 1 aliphatic carbocycles. The molecule has 1 saturated carbocycles. The van der Waals surface area contributed by atoms with Crippen LogP contribution < -0.4 is 10.1 Å². The minimum atomic E-state index is -0.611. The Labute approximate surface area is 201 Å². The van der Waals surface area contributed by atoms with Crippen molar-refractivity contribution < 1.29 is 14.3 Å². The number of hydrogen-bond acceptors (Lipinski definition) is 3. The zero-order valence-electron chi connectivity index (χ0n) is 19.9. The second-order valence-electron chi connectivity index (χ2n) is 8.95. The lowest BCUT2D eigenvalue weighted by atomic mass is 9.95. The fourth-order valence-electron chi connectivity index (χ4n) is 4.48. The highest BCUT2D eigenvalue weighted by molar-refractivity contribution is 5.96. The lowest BCUT2D eigenvalue weighted by Crippen LogP contribution is -2.50. The van der Waals surface area contributed by atoms with Crippen LogP contribution in [0.2, 0.25) is 0 Å². The Balaban J connectivity index is 1.56. The van der Waals surface area contributed by atoms with Crippen molar-refractivity contribution in [1.82, 2.24) is 15.2 Å². The van der Waals surface area contributed by atoms with Crippen molar-refractivity contribution in [2.75, 3.05) is 7.11 Å². The number of methoxy groups -OCH3 is 1. The second kappa shape index (κ2) is 11.1. The number of carbonyl (C=O) groups is 2. The molecule has 3 aromatic rings. The van der Waals surface area contributed by atoms with Crippen molar-refractivity contribution >= 4 is 11.8 Å². The zero-order valence-corrected chi connectivity index (χ0v) is 19.9. The van der Waals surface area contributed by atoms with Crippen LogP contribution in [0.25, 0.3) is 11.3 Å². The summed E-state index contributed by atoms with van der Waals surface area (Å²) in [5.74, 6) is 0.439. The molecular formula is C28H33N3O3.